The summed E-state index contributed by atoms with van der Waals surface area (Å²) in [5.74, 6) is 0.306. The lowest BCUT2D eigenvalue weighted by Crippen LogP contribution is -2.26. The molecule has 1 aromatic carbocycles. The van der Waals surface area contributed by atoms with E-state index in [-0.39, 0.29) is 4.90 Å². The number of alkyl halides is 1. The van der Waals surface area contributed by atoms with Gasteiger partial charge in [0.1, 0.15) is 4.90 Å². The van der Waals surface area contributed by atoms with Crippen molar-refractivity contribution in [2.45, 2.75) is 24.2 Å². The monoisotopic (exact) mass is 407 g/mol. The number of thiophene rings is 1. The predicted molar refractivity (Wildman–Crippen MR) is 91.4 cm³/mol. The molecular formula is C14H15BrClNO2S2. The highest BCUT2D eigenvalue weighted by Gasteiger charge is 2.25. The van der Waals surface area contributed by atoms with Crippen LogP contribution >= 0.6 is 38.9 Å². The highest BCUT2D eigenvalue weighted by atomic mass is 79.9. The Morgan fingerprint density at radius 3 is 2.62 bits per heavy atom. The van der Waals surface area contributed by atoms with Crippen LogP contribution in [0.15, 0.2) is 39.0 Å². The van der Waals surface area contributed by atoms with E-state index in [0.29, 0.717) is 16.2 Å². The Bertz CT molecular complexity index is 743. The SMILES string of the molecule is Cc1cccc(CN(C)S(=O)(=O)c2cc(CCl)sc2Br)c1. The number of hydrogen-bond acceptors (Lipinski definition) is 3. The van der Waals surface area contributed by atoms with Crippen LogP contribution < -0.4 is 0 Å². The van der Waals surface area contributed by atoms with Gasteiger partial charge in [-0.1, -0.05) is 29.8 Å². The molecule has 0 N–H and O–H groups in total. The lowest BCUT2D eigenvalue weighted by Gasteiger charge is -2.17. The van der Waals surface area contributed by atoms with Crippen LogP contribution in [0.1, 0.15) is 16.0 Å². The topological polar surface area (TPSA) is 37.4 Å². The third kappa shape index (κ3) is 3.87. The fraction of sp³-hybridized carbons (Fsp3) is 0.286. The number of aryl methyl sites for hydroxylation is 1. The standard InChI is InChI=1S/C14H15BrClNO2S2/c1-10-4-3-5-11(6-10)9-17(2)21(18,19)13-7-12(8-16)20-14(13)15/h3-7H,8-9H2,1-2H3. The van der Waals surface area contributed by atoms with Gasteiger partial charge in [-0.2, -0.15) is 4.31 Å². The zero-order chi connectivity index (χ0) is 15.6. The minimum absolute atomic E-state index is 0.276. The van der Waals surface area contributed by atoms with Gasteiger partial charge in [0.2, 0.25) is 10.0 Å². The van der Waals surface area contributed by atoms with Crippen LogP contribution in [0, 0.1) is 6.92 Å². The van der Waals surface area contributed by atoms with E-state index in [2.05, 4.69) is 15.9 Å². The average molecular weight is 409 g/mol. The van der Waals surface area contributed by atoms with Crippen molar-refractivity contribution < 1.29 is 8.42 Å². The summed E-state index contributed by atoms with van der Waals surface area (Å²) in [6, 6.07) is 9.45. The van der Waals surface area contributed by atoms with Gasteiger partial charge in [-0.3, -0.25) is 0 Å². The second-order valence-electron chi connectivity index (χ2n) is 4.73. The summed E-state index contributed by atoms with van der Waals surface area (Å²) in [5, 5.41) is 0. The number of benzene rings is 1. The first-order valence-corrected chi connectivity index (χ1v) is 9.79. The van der Waals surface area contributed by atoms with E-state index in [4.69, 9.17) is 11.6 Å². The first-order chi connectivity index (χ1) is 9.84. The molecule has 0 amide bonds. The van der Waals surface area contributed by atoms with Crippen molar-refractivity contribution in [3.05, 3.63) is 50.1 Å². The molecule has 21 heavy (non-hydrogen) atoms. The van der Waals surface area contributed by atoms with Crippen molar-refractivity contribution >= 4 is 48.9 Å². The van der Waals surface area contributed by atoms with Crippen LogP contribution in [-0.4, -0.2) is 19.8 Å². The second-order valence-corrected chi connectivity index (χ2v) is 9.47. The summed E-state index contributed by atoms with van der Waals surface area (Å²) in [6.07, 6.45) is 0. The van der Waals surface area contributed by atoms with Gasteiger partial charge in [-0.25, -0.2) is 8.42 Å². The number of nitrogens with zero attached hydrogens (tertiary/aromatic N) is 1. The summed E-state index contributed by atoms with van der Waals surface area (Å²) in [7, 11) is -1.95. The summed E-state index contributed by atoms with van der Waals surface area (Å²) in [4.78, 5) is 1.10. The molecule has 7 heteroatoms. The maximum atomic E-state index is 12.6. The molecule has 0 spiro atoms. The molecule has 0 saturated carbocycles. The van der Waals surface area contributed by atoms with Crippen LogP contribution in [-0.2, 0) is 22.4 Å². The van der Waals surface area contributed by atoms with Crippen LogP contribution in [0.2, 0.25) is 0 Å². The predicted octanol–water partition coefficient (Wildman–Crippen LogP) is 4.38. The highest BCUT2D eigenvalue weighted by Crippen LogP contribution is 2.34. The molecule has 0 atom stereocenters. The van der Waals surface area contributed by atoms with E-state index < -0.39 is 10.0 Å². The number of rotatable bonds is 5. The van der Waals surface area contributed by atoms with Crippen molar-refractivity contribution in [2.24, 2.45) is 0 Å². The minimum atomic E-state index is -3.53. The Morgan fingerprint density at radius 1 is 1.33 bits per heavy atom. The molecule has 0 fully saturated rings. The van der Waals surface area contributed by atoms with Crippen molar-refractivity contribution in [1.29, 1.82) is 0 Å². The molecule has 0 aliphatic carbocycles. The van der Waals surface area contributed by atoms with Gasteiger partial charge in [0.25, 0.3) is 0 Å². The Balaban J connectivity index is 2.28. The van der Waals surface area contributed by atoms with Gasteiger partial charge in [0.15, 0.2) is 0 Å². The zero-order valence-electron chi connectivity index (χ0n) is 11.6. The van der Waals surface area contributed by atoms with E-state index in [1.807, 2.05) is 31.2 Å². The smallest absolute Gasteiger partial charge is 0.207 e. The van der Waals surface area contributed by atoms with E-state index in [9.17, 15) is 8.42 Å². The average Bonchev–Trinajstić information content (AvgIpc) is 2.80. The Kier molecular flexibility index (Phi) is 5.48. The van der Waals surface area contributed by atoms with E-state index in [1.54, 1.807) is 13.1 Å². The number of sulfonamides is 1. The Hall–Kier alpha value is -0.400. The molecule has 0 aliphatic rings. The first kappa shape index (κ1) is 17.0. The molecule has 2 rings (SSSR count). The molecule has 3 nitrogen and oxygen atoms in total. The third-order valence-electron chi connectivity index (χ3n) is 3.01. The molecule has 1 heterocycles. The normalized spacial score (nSPS) is 12.0. The van der Waals surface area contributed by atoms with Crippen molar-refractivity contribution in [1.82, 2.24) is 4.31 Å². The minimum Gasteiger partial charge on any atom is -0.207 e. The third-order valence-corrected chi connectivity index (χ3v) is 7.52. The van der Waals surface area contributed by atoms with Crippen LogP contribution in [0.3, 0.4) is 0 Å². The highest BCUT2D eigenvalue weighted by molar-refractivity contribution is 9.11. The molecule has 0 saturated heterocycles. The maximum Gasteiger partial charge on any atom is 0.245 e. The fourth-order valence-corrected chi connectivity index (χ4v) is 5.84. The van der Waals surface area contributed by atoms with Crippen molar-refractivity contribution in [2.75, 3.05) is 7.05 Å². The lowest BCUT2D eigenvalue weighted by molar-refractivity contribution is 0.466. The van der Waals surface area contributed by atoms with Crippen molar-refractivity contribution in [3.8, 4) is 0 Å². The molecule has 0 radical (unpaired) electrons. The summed E-state index contributed by atoms with van der Waals surface area (Å²) in [5.41, 5.74) is 2.07. The second kappa shape index (κ2) is 6.79. The molecule has 0 unspecified atom stereocenters. The van der Waals surface area contributed by atoms with Gasteiger partial charge in [0.05, 0.1) is 9.67 Å². The number of halogens is 2. The molecule has 0 aliphatic heterocycles. The quantitative estimate of drug-likeness (QED) is 0.689. The summed E-state index contributed by atoms with van der Waals surface area (Å²) < 4.78 is 27.2. The number of hydrogen-bond donors (Lipinski definition) is 0. The lowest BCUT2D eigenvalue weighted by atomic mass is 10.1. The largest absolute Gasteiger partial charge is 0.245 e. The summed E-state index contributed by atoms with van der Waals surface area (Å²) >= 11 is 10.4. The van der Waals surface area contributed by atoms with Gasteiger partial charge in [-0.05, 0) is 34.5 Å². The molecule has 1 aromatic heterocycles. The van der Waals surface area contributed by atoms with Gasteiger partial charge in [0, 0.05) is 18.5 Å². The van der Waals surface area contributed by atoms with Gasteiger partial charge < -0.3 is 0 Å². The molecule has 2 aromatic rings. The van der Waals surface area contributed by atoms with Gasteiger partial charge in [-0.15, -0.1) is 22.9 Å². The van der Waals surface area contributed by atoms with Crippen LogP contribution in [0.5, 0.6) is 0 Å². The summed E-state index contributed by atoms with van der Waals surface area (Å²) in [6.45, 7) is 2.32. The molecule has 114 valence electrons. The molecular weight excluding hydrogens is 394 g/mol. The Labute approximate surface area is 142 Å². The van der Waals surface area contributed by atoms with Gasteiger partial charge >= 0.3 is 0 Å². The van der Waals surface area contributed by atoms with E-state index in [0.717, 1.165) is 16.0 Å². The van der Waals surface area contributed by atoms with Crippen LogP contribution in [0.25, 0.3) is 0 Å². The van der Waals surface area contributed by atoms with E-state index >= 15 is 0 Å². The van der Waals surface area contributed by atoms with Crippen LogP contribution in [0.4, 0.5) is 0 Å². The maximum absolute atomic E-state index is 12.6. The van der Waals surface area contributed by atoms with E-state index in [1.165, 1.54) is 15.6 Å². The first-order valence-electron chi connectivity index (χ1n) is 6.20. The fourth-order valence-electron chi connectivity index (χ4n) is 1.96. The molecule has 0 bridgehead atoms. The zero-order valence-corrected chi connectivity index (χ0v) is 15.6. The van der Waals surface area contributed by atoms with Crippen molar-refractivity contribution in [3.63, 3.8) is 0 Å². The Morgan fingerprint density at radius 2 is 2.05 bits per heavy atom.